The topological polar surface area (TPSA) is 112 Å². The van der Waals surface area contributed by atoms with E-state index in [-0.39, 0.29) is 18.4 Å². The number of ether oxygens (including phenoxy) is 3. The number of urea groups is 1. The van der Waals surface area contributed by atoms with Gasteiger partial charge in [0.1, 0.15) is 17.8 Å². The lowest BCUT2D eigenvalue weighted by Gasteiger charge is -2.38. The lowest BCUT2D eigenvalue weighted by atomic mass is 9.86. The van der Waals surface area contributed by atoms with Gasteiger partial charge < -0.3 is 34.6 Å². The highest BCUT2D eigenvalue weighted by atomic mass is 19.1. The van der Waals surface area contributed by atoms with Crippen LogP contribution in [0.4, 0.5) is 14.9 Å². The Morgan fingerprint density at radius 2 is 1.93 bits per heavy atom. The zero-order valence-corrected chi connectivity index (χ0v) is 23.3. The standard InChI is InChI=1S/C31H33FN4O5/c1-19-12-22(32)5-6-24(19)30-25-15-29(41-11-9-20-4-7-27(38-2)26(33)13-20)28(39-3)14-21(25)8-10-36(30)31(37)34-16-23-17-40-18-35-23/h4-7,12-15,17-18,30H,8-11,16,33H2,1-3H3,(H,34,37). The Labute approximate surface area is 238 Å². The maximum absolute atomic E-state index is 14.1. The van der Waals surface area contributed by atoms with Gasteiger partial charge in [-0.05, 0) is 77.6 Å². The highest BCUT2D eigenvalue weighted by molar-refractivity contribution is 5.76. The number of nitrogens with zero attached hydrogens (tertiary/aromatic N) is 2. The number of hydrogen-bond donors (Lipinski definition) is 2. The first-order chi connectivity index (χ1) is 19.9. The van der Waals surface area contributed by atoms with Gasteiger partial charge in [0.05, 0.1) is 44.8 Å². The summed E-state index contributed by atoms with van der Waals surface area (Å²) in [6.45, 7) is 2.91. The molecule has 214 valence electrons. The molecule has 0 saturated heterocycles. The van der Waals surface area contributed by atoms with E-state index in [9.17, 15) is 9.18 Å². The van der Waals surface area contributed by atoms with Crippen LogP contribution < -0.4 is 25.3 Å². The fraction of sp³-hybridized carbons (Fsp3) is 0.290. The molecule has 0 fully saturated rings. The molecule has 0 saturated carbocycles. The first-order valence-electron chi connectivity index (χ1n) is 13.3. The van der Waals surface area contributed by atoms with E-state index in [4.69, 9.17) is 24.4 Å². The maximum atomic E-state index is 14.1. The number of nitrogen functional groups attached to an aromatic ring is 1. The molecule has 3 aromatic carbocycles. The van der Waals surface area contributed by atoms with Crippen molar-refractivity contribution in [2.45, 2.75) is 32.4 Å². The highest BCUT2D eigenvalue weighted by Gasteiger charge is 2.34. The van der Waals surface area contributed by atoms with Crippen LogP contribution in [0, 0.1) is 12.7 Å². The maximum Gasteiger partial charge on any atom is 0.318 e. The molecule has 0 bridgehead atoms. The molecule has 1 aromatic heterocycles. The Hall–Kier alpha value is -4.73. The van der Waals surface area contributed by atoms with Crippen LogP contribution in [0.15, 0.2) is 65.6 Å². The minimum absolute atomic E-state index is 0.223. The van der Waals surface area contributed by atoms with Crippen LogP contribution >= 0.6 is 0 Å². The van der Waals surface area contributed by atoms with Gasteiger partial charge in [-0.25, -0.2) is 14.2 Å². The van der Waals surface area contributed by atoms with E-state index in [0.29, 0.717) is 54.6 Å². The van der Waals surface area contributed by atoms with E-state index < -0.39 is 6.04 Å². The SMILES string of the molecule is COc1ccc(CCOc2cc3c(cc2OC)CCN(C(=O)NCc2cocn2)C3c2ccc(F)cc2C)cc1N. The first-order valence-corrected chi connectivity index (χ1v) is 13.3. The van der Waals surface area contributed by atoms with Crippen molar-refractivity contribution in [3.8, 4) is 17.2 Å². The van der Waals surface area contributed by atoms with Gasteiger partial charge in [0.2, 0.25) is 0 Å². The summed E-state index contributed by atoms with van der Waals surface area (Å²) in [4.78, 5) is 19.3. The largest absolute Gasteiger partial charge is 0.495 e. The number of halogens is 1. The molecule has 1 aliphatic rings. The summed E-state index contributed by atoms with van der Waals surface area (Å²) in [6, 6.07) is 13.5. The van der Waals surface area contributed by atoms with Crippen molar-refractivity contribution in [3.63, 3.8) is 0 Å². The molecule has 1 unspecified atom stereocenters. The predicted octanol–water partition coefficient (Wildman–Crippen LogP) is 5.20. The second-order valence-corrected chi connectivity index (χ2v) is 9.86. The lowest BCUT2D eigenvalue weighted by molar-refractivity contribution is 0.179. The number of aromatic nitrogens is 1. The molecule has 0 spiro atoms. The Bertz CT molecular complexity index is 1530. The van der Waals surface area contributed by atoms with Gasteiger partial charge in [-0.2, -0.15) is 0 Å². The quantitative estimate of drug-likeness (QED) is 0.271. The summed E-state index contributed by atoms with van der Waals surface area (Å²) in [5, 5.41) is 2.93. The Morgan fingerprint density at radius 3 is 2.63 bits per heavy atom. The number of nitrogens with one attached hydrogen (secondary N) is 1. The second kappa shape index (κ2) is 12.2. The number of rotatable bonds is 9. The van der Waals surface area contributed by atoms with Gasteiger partial charge in [0.25, 0.3) is 0 Å². The van der Waals surface area contributed by atoms with E-state index in [1.165, 1.54) is 24.8 Å². The normalized spacial score (nSPS) is 14.3. The Morgan fingerprint density at radius 1 is 1.10 bits per heavy atom. The van der Waals surface area contributed by atoms with Crippen LogP contribution in [0.5, 0.6) is 17.2 Å². The third-order valence-corrected chi connectivity index (χ3v) is 7.29. The molecule has 9 nitrogen and oxygen atoms in total. The summed E-state index contributed by atoms with van der Waals surface area (Å²) in [7, 11) is 3.19. The molecule has 4 aromatic rings. The molecule has 0 aliphatic carbocycles. The summed E-state index contributed by atoms with van der Waals surface area (Å²) in [5.41, 5.74) is 11.8. The lowest BCUT2D eigenvalue weighted by Crippen LogP contribution is -2.46. The van der Waals surface area contributed by atoms with Gasteiger partial charge >= 0.3 is 6.03 Å². The number of nitrogens with two attached hydrogens (primary N) is 1. The van der Waals surface area contributed by atoms with E-state index in [0.717, 1.165) is 27.8 Å². The minimum Gasteiger partial charge on any atom is -0.495 e. The number of fused-ring (bicyclic) bond motifs is 1. The van der Waals surface area contributed by atoms with Crippen LogP contribution in [0.3, 0.4) is 0 Å². The third kappa shape index (κ3) is 6.06. The minimum atomic E-state index is -0.466. The van der Waals surface area contributed by atoms with Gasteiger partial charge in [0, 0.05) is 13.0 Å². The first kappa shape index (κ1) is 27.8. The van der Waals surface area contributed by atoms with Gasteiger partial charge in [-0.1, -0.05) is 12.1 Å². The van der Waals surface area contributed by atoms with Crippen LogP contribution in [0.1, 0.15) is 39.6 Å². The summed E-state index contributed by atoms with van der Waals surface area (Å²) >= 11 is 0. The number of anilines is 1. The molecule has 1 atom stereocenters. The molecule has 5 rings (SSSR count). The number of aryl methyl sites for hydroxylation is 1. The molecule has 2 amide bonds. The fourth-order valence-electron chi connectivity index (χ4n) is 5.21. The van der Waals surface area contributed by atoms with E-state index in [1.54, 1.807) is 25.2 Å². The number of methoxy groups -OCH3 is 2. The molecule has 3 N–H and O–H groups in total. The highest BCUT2D eigenvalue weighted by Crippen LogP contribution is 2.42. The third-order valence-electron chi connectivity index (χ3n) is 7.29. The van der Waals surface area contributed by atoms with Crippen molar-refractivity contribution >= 4 is 11.7 Å². The molecular weight excluding hydrogens is 527 g/mol. The number of carbonyl (C=O) groups is 1. The number of oxazole rings is 1. The smallest absolute Gasteiger partial charge is 0.318 e. The predicted molar refractivity (Wildman–Crippen MR) is 152 cm³/mol. The summed E-state index contributed by atoms with van der Waals surface area (Å²) in [5.74, 6) is 1.46. The zero-order chi connectivity index (χ0) is 28.9. The van der Waals surface area contributed by atoms with Gasteiger partial charge in [0.15, 0.2) is 17.9 Å². The number of carbonyl (C=O) groups excluding carboxylic acids is 1. The van der Waals surface area contributed by atoms with Gasteiger partial charge in [-0.3, -0.25) is 0 Å². The van der Waals surface area contributed by atoms with Crippen LogP contribution in [-0.2, 0) is 19.4 Å². The number of hydrogen-bond acceptors (Lipinski definition) is 7. The second-order valence-electron chi connectivity index (χ2n) is 9.86. The number of amides is 2. The van der Waals surface area contributed by atoms with Crippen LogP contribution in [-0.4, -0.2) is 43.3 Å². The molecule has 41 heavy (non-hydrogen) atoms. The van der Waals surface area contributed by atoms with E-state index in [2.05, 4.69) is 10.3 Å². The molecular formula is C31H33FN4O5. The average Bonchev–Trinajstić information content (AvgIpc) is 3.49. The Balaban J connectivity index is 1.44. The summed E-state index contributed by atoms with van der Waals surface area (Å²) < 4.78 is 36.3. The Kier molecular flexibility index (Phi) is 8.28. The van der Waals surface area contributed by atoms with Crippen molar-refractivity contribution < 1.29 is 27.8 Å². The molecule has 10 heteroatoms. The van der Waals surface area contributed by atoms with Crippen molar-refractivity contribution in [1.29, 1.82) is 0 Å². The molecule has 2 heterocycles. The van der Waals surface area contributed by atoms with Crippen molar-refractivity contribution in [3.05, 3.63) is 101 Å². The van der Waals surface area contributed by atoms with Gasteiger partial charge in [-0.15, -0.1) is 0 Å². The number of benzene rings is 3. The zero-order valence-electron chi connectivity index (χ0n) is 23.3. The molecule has 1 aliphatic heterocycles. The van der Waals surface area contributed by atoms with E-state index >= 15 is 0 Å². The molecule has 0 radical (unpaired) electrons. The van der Waals surface area contributed by atoms with E-state index in [1.807, 2.05) is 37.3 Å². The fourth-order valence-corrected chi connectivity index (χ4v) is 5.21. The average molecular weight is 561 g/mol. The van der Waals surface area contributed by atoms with Crippen LogP contribution in [0.25, 0.3) is 0 Å². The van der Waals surface area contributed by atoms with Crippen LogP contribution in [0.2, 0.25) is 0 Å². The monoisotopic (exact) mass is 560 g/mol. The van der Waals surface area contributed by atoms with Crippen molar-refractivity contribution in [2.75, 3.05) is 33.1 Å². The van der Waals surface area contributed by atoms with Crippen molar-refractivity contribution in [2.24, 2.45) is 0 Å². The van der Waals surface area contributed by atoms with Crippen molar-refractivity contribution in [1.82, 2.24) is 15.2 Å². The summed E-state index contributed by atoms with van der Waals surface area (Å²) in [6.07, 6.45) is 4.04.